The number of primary amides is 1. The zero-order valence-electron chi connectivity index (χ0n) is 8.83. The summed E-state index contributed by atoms with van der Waals surface area (Å²) in [5, 5.41) is 3.20. The molecule has 90 valence electrons. The maximum atomic E-state index is 10.9. The van der Waals surface area contributed by atoms with E-state index in [2.05, 4.69) is 26.2 Å². The van der Waals surface area contributed by atoms with E-state index < -0.39 is 11.9 Å². The van der Waals surface area contributed by atoms with Gasteiger partial charge in [-0.3, -0.25) is 4.79 Å². The van der Waals surface area contributed by atoms with E-state index in [1.54, 1.807) is 19.1 Å². The molecule has 1 atom stereocenters. The summed E-state index contributed by atoms with van der Waals surface area (Å²) in [5.41, 5.74) is 6.19. The van der Waals surface area contributed by atoms with E-state index >= 15 is 0 Å². The van der Waals surface area contributed by atoms with Crippen LogP contribution in [0.25, 0.3) is 11.1 Å². The van der Waals surface area contributed by atoms with Crippen molar-refractivity contribution in [2.24, 2.45) is 5.73 Å². The molecule has 0 radical (unpaired) electrons. The number of nitrogens with one attached hydrogen (secondary N) is 1. The van der Waals surface area contributed by atoms with Gasteiger partial charge in [-0.25, -0.2) is 0 Å². The molecule has 1 heterocycles. The highest BCUT2D eigenvalue weighted by Gasteiger charge is 2.14. The molecule has 2 aromatic rings. The van der Waals surface area contributed by atoms with Gasteiger partial charge in [0.1, 0.15) is 11.6 Å². The Bertz CT molecular complexity index is 584. The number of hydrogen-bond donors (Lipinski definition) is 2. The minimum Gasteiger partial charge on any atom is -0.422 e. The molecule has 7 heteroatoms. The van der Waals surface area contributed by atoms with E-state index in [4.69, 9.17) is 21.8 Å². The normalized spacial score (nSPS) is 12.6. The summed E-state index contributed by atoms with van der Waals surface area (Å²) >= 11 is 9.30. The van der Waals surface area contributed by atoms with E-state index in [0.29, 0.717) is 16.1 Å². The van der Waals surface area contributed by atoms with Crippen molar-refractivity contribution in [1.82, 2.24) is 4.98 Å². The van der Waals surface area contributed by atoms with Crippen LogP contribution in [0.1, 0.15) is 6.92 Å². The Balaban J connectivity index is 2.38. The molecule has 2 rings (SSSR count). The highest BCUT2D eigenvalue weighted by atomic mass is 79.9. The summed E-state index contributed by atoms with van der Waals surface area (Å²) in [6.07, 6.45) is 0. The van der Waals surface area contributed by atoms with Gasteiger partial charge < -0.3 is 15.5 Å². The van der Waals surface area contributed by atoms with Gasteiger partial charge >= 0.3 is 0 Å². The van der Waals surface area contributed by atoms with Gasteiger partial charge in [0.15, 0.2) is 5.58 Å². The average Bonchev–Trinajstić information content (AvgIpc) is 2.60. The van der Waals surface area contributed by atoms with Gasteiger partial charge in [-0.1, -0.05) is 27.5 Å². The first-order valence-electron chi connectivity index (χ1n) is 4.79. The summed E-state index contributed by atoms with van der Waals surface area (Å²) in [4.78, 5) is 15.1. The largest absolute Gasteiger partial charge is 0.422 e. The van der Waals surface area contributed by atoms with Crippen LogP contribution in [0.4, 0.5) is 6.01 Å². The molecule has 0 bridgehead atoms. The lowest BCUT2D eigenvalue weighted by Crippen LogP contribution is -2.32. The monoisotopic (exact) mass is 317 g/mol. The van der Waals surface area contributed by atoms with Crippen LogP contribution >= 0.6 is 27.5 Å². The number of fused-ring (bicyclic) bond motifs is 1. The summed E-state index contributed by atoms with van der Waals surface area (Å²) < 4.78 is 6.20. The van der Waals surface area contributed by atoms with Crippen LogP contribution in [0.15, 0.2) is 21.0 Å². The molecule has 0 spiro atoms. The van der Waals surface area contributed by atoms with Gasteiger partial charge in [-0.15, -0.1) is 0 Å². The topological polar surface area (TPSA) is 81.2 Å². The highest BCUT2D eigenvalue weighted by molar-refractivity contribution is 9.10. The third-order valence-corrected chi connectivity index (χ3v) is 2.91. The smallest absolute Gasteiger partial charge is 0.296 e. The van der Waals surface area contributed by atoms with Gasteiger partial charge in [-0.05, 0) is 19.1 Å². The van der Waals surface area contributed by atoms with E-state index in [-0.39, 0.29) is 6.01 Å². The number of amides is 1. The summed E-state index contributed by atoms with van der Waals surface area (Å²) in [5.74, 6) is -0.487. The van der Waals surface area contributed by atoms with Crippen molar-refractivity contribution < 1.29 is 9.21 Å². The average molecular weight is 319 g/mol. The molecule has 3 N–H and O–H groups in total. The van der Waals surface area contributed by atoms with Crippen molar-refractivity contribution in [2.45, 2.75) is 13.0 Å². The Morgan fingerprint density at radius 3 is 3.00 bits per heavy atom. The quantitative estimate of drug-likeness (QED) is 0.911. The Kier molecular flexibility index (Phi) is 3.26. The molecule has 1 aromatic heterocycles. The van der Waals surface area contributed by atoms with E-state index in [1.807, 2.05) is 0 Å². The molecule has 5 nitrogen and oxygen atoms in total. The lowest BCUT2D eigenvalue weighted by Gasteiger charge is -2.05. The maximum Gasteiger partial charge on any atom is 0.296 e. The van der Waals surface area contributed by atoms with Crippen LogP contribution in [-0.4, -0.2) is 16.9 Å². The fourth-order valence-corrected chi connectivity index (χ4v) is 2.11. The van der Waals surface area contributed by atoms with Crippen LogP contribution in [-0.2, 0) is 4.79 Å². The van der Waals surface area contributed by atoms with Crippen molar-refractivity contribution in [3.05, 3.63) is 21.6 Å². The van der Waals surface area contributed by atoms with Gasteiger partial charge in [0.05, 0.1) is 5.02 Å². The molecule has 0 aliphatic rings. The van der Waals surface area contributed by atoms with Gasteiger partial charge in [0.25, 0.3) is 6.01 Å². The minimum absolute atomic E-state index is 0.214. The second kappa shape index (κ2) is 4.54. The molecule has 0 aliphatic carbocycles. The van der Waals surface area contributed by atoms with Crippen LogP contribution in [0.2, 0.25) is 5.02 Å². The van der Waals surface area contributed by atoms with Crippen molar-refractivity contribution in [1.29, 1.82) is 0 Å². The van der Waals surface area contributed by atoms with Crippen molar-refractivity contribution in [3.63, 3.8) is 0 Å². The summed E-state index contributed by atoms with van der Waals surface area (Å²) in [6.45, 7) is 1.62. The predicted molar refractivity (Wildman–Crippen MR) is 69.0 cm³/mol. The molecule has 0 saturated heterocycles. The van der Waals surface area contributed by atoms with Gasteiger partial charge in [0, 0.05) is 4.47 Å². The number of aromatic nitrogens is 1. The predicted octanol–water partition coefficient (Wildman–Crippen LogP) is 2.53. The number of rotatable bonds is 3. The fourth-order valence-electron chi connectivity index (χ4n) is 1.28. The molecule has 1 amide bonds. The van der Waals surface area contributed by atoms with Crippen LogP contribution in [0.3, 0.4) is 0 Å². The number of nitrogens with two attached hydrogens (primary N) is 1. The van der Waals surface area contributed by atoms with E-state index in [0.717, 1.165) is 4.47 Å². The first-order chi connectivity index (χ1) is 7.97. The maximum absolute atomic E-state index is 10.9. The number of nitrogens with zero attached hydrogens (tertiary/aromatic N) is 1. The molecule has 1 aromatic carbocycles. The first-order valence-corrected chi connectivity index (χ1v) is 5.96. The fraction of sp³-hybridized carbons (Fsp3) is 0.200. The molecule has 0 saturated carbocycles. The van der Waals surface area contributed by atoms with Crippen LogP contribution < -0.4 is 11.1 Å². The van der Waals surface area contributed by atoms with Crippen molar-refractivity contribution >= 4 is 50.6 Å². The van der Waals surface area contributed by atoms with Crippen molar-refractivity contribution in [3.8, 4) is 0 Å². The molecular formula is C10H9BrClN3O2. The third kappa shape index (κ3) is 2.53. The Labute approximate surface area is 110 Å². The third-order valence-electron chi connectivity index (χ3n) is 2.18. The lowest BCUT2D eigenvalue weighted by atomic mass is 10.3. The Hall–Kier alpha value is -1.27. The molecule has 0 unspecified atom stereocenters. The Morgan fingerprint density at radius 1 is 1.65 bits per heavy atom. The highest BCUT2D eigenvalue weighted by Crippen LogP contribution is 2.30. The lowest BCUT2D eigenvalue weighted by molar-refractivity contribution is -0.118. The Morgan fingerprint density at radius 2 is 2.35 bits per heavy atom. The van der Waals surface area contributed by atoms with Crippen LogP contribution in [0.5, 0.6) is 0 Å². The molecule has 0 aliphatic heterocycles. The number of hydrogen-bond acceptors (Lipinski definition) is 4. The second-order valence-electron chi connectivity index (χ2n) is 3.52. The number of halogens is 2. The second-order valence-corrected chi connectivity index (χ2v) is 4.85. The van der Waals surface area contributed by atoms with Gasteiger partial charge in [-0.2, -0.15) is 4.98 Å². The van der Waals surface area contributed by atoms with Crippen LogP contribution in [0, 0.1) is 0 Å². The first kappa shape index (κ1) is 12.2. The standard InChI is InChI=1S/C10H9BrClN3O2/c1-4(9(13)16)14-10-15-7-3-5(11)2-6(12)8(7)17-10/h2-4H,1H3,(H2,13,16)(H,14,15)/t4-/m0/s1. The molecule has 17 heavy (non-hydrogen) atoms. The van der Waals surface area contributed by atoms with E-state index in [9.17, 15) is 4.79 Å². The molecule has 0 fully saturated rings. The SMILES string of the molecule is C[C@H](Nc1nc2cc(Br)cc(Cl)c2o1)C(N)=O. The number of carbonyl (C=O) groups is 1. The number of anilines is 1. The number of carbonyl (C=O) groups excluding carboxylic acids is 1. The number of benzene rings is 1. The zero-order valence-corrected chi connectivity index (χ0v) is 11.2. The minimum atomic E-state index is -0.565. The number of oxazole rings is 1. The summed E-state index contributed by atoms with van der Waals surface area (Å²) in [7, 11) is 0. The van der Waals surface area contributed by atoms with E-state index in [1.165, 1.54) is 0 Å². The van der Waals surface area contributed by atoms with Gasteiger partial charge in [0.2, 0.25) is 5.91 Å². The summed E-state index contributed by atoms with van der Waals surface area (Å²) in [6, 6.07) is 3.12. The molecular weight excluding hydrogens is 309 g/mol. The van der Waals surface area contributed by atoms with Crippen molar-refractivity contribution in [2.75, 3.05) is 5.32 Å². The zero-order chi connectivity index (χ0) is 12.6.